The van der Waals surface area contributed by atoms with Crippen molar-refractivity contribution in [2.24, 2.45) is 0 Å². The molecule has 1 atom stereocenters. The number of aryl methyl sites for hydroxylation is 1. The number of rotatable bonds is 6. The molecule has 1 unspecified atom stereocenters. The van der Waals surface area contributed by atoms with Gasteiger partial charge in [0.2, 0.25) is 0 Å². The third-order valence-corrected chi connectivity index (χ3v) is 5.63. The number of nitrogens with one attached hydrogen (secondary N) is 2. The largest absolute Gasteiger partial charge is 0.325 e. The van der Waals surface area contributed by atoms with E-state index in [1.807, 2.05) is 12.4 Å². The number of carbonyl (C=O) groups is 1. The lowest BCUT2D eigenvalue weighted by molar-refractivity contribution is -0.884. The van der Waals surface area contributed by atoms with Gasteiger partial charge in [-0.2, -0.15) is 0 Å². The molecule has 0 fully saturated rings. The Bertz CT molecular complexity index is 797. The molecular weight excluding hydrogens is 332 g/mol. The molecule has 0 aliphatic heterocycles. The summed E-state index contributed by atoms with van der Waals surface area (Å²) in [5, 5.41) is 4.75. The summed E-state index contributed by atoms with van der Waals surface area (Å²) >= 11 is 1.68. The standard InChI is InChI=1S/C16H20N2O3S2/c1-12-8-9-22-14(12)10-18(2)11-16(19)17-13-6-4-5-7-15(13)23(3,20)21/h4-9H,10-11H2,1-3H3,(H,17,19)/p+1. The fourth-order valence-corrected chi connectivity index (χ4v) is 4.15. The zero-order chi connectivity index (χ0) is 17.0. The number of amides is 1. The lowest BCUT2D eigenvalue weighted by Crippen LogP contribution is -3.08. The number of hydrogen-bond acceptors (Lipinski definition) is 4. The molecule has 0 bridgehead atoms. The van der Waals surface area contributed by atoms with Gasteiger partial charge in [0.15, 0.2) is 16.4 Å². The molecule has 2 rings (SSSR count). The summed E-state index contributed by atoms with van der Waals surface area (Å²) < 4.78 is 23.5. The third-order valence-electron chi connectivity index (χ3n) is 3.45. The summed E-state index contributed by atoms with van der Waals surface area (Å²) in [6.45, 7) is 3.10. The van der Waals surface area contributed by atoms with E-state index < -0.39 is 9.84 Å². The molecule has 5 nitrogen and oxygen atoms in total. The molecule has 1 aromatic carbocycles. The van der Waals surface area contributed by atoms with E-state index in [9.17, 15) is 13.2 Å². The zero-order valence-electron chi connectivity index (χ0n) is 13.4. The van der Waals surface area contributed by atoms with Crippen LogP contribution in [0.3, 0.4) is 0 Å². The van der Waals surface area contributed by atoms with E-state index >= 15 is 0 Å². The van der Waals surface area contributed by atoms with Gasteiger partial charge in [0.05, 0.1) is 22.5 Å². The highest BCUT2D eigenvalue weighted by Crippen LogP contribution is 2.20. The predicted octanol–water partition coefficient (Wildman–Crippen LogP) is 1.11. The van der Waals surface area contributed by atoms with E-state index in [-0.39, 0.29) is 17.3 Å². The highest BCUT2D eigenvalue weighted by atomic mass is 32.2. The Kier molecular flexibility index (Phi) is 5.56. The van der Waals surface area contributed by atoms with Crippen molar-refractivity contribution in [2.45, 2.75) is 18.4 Å². The number of benzene rings is 1. The Balaban J connectivity index is 2.02. The first-order valence-electron chi connectivity index (χ1n) is 7.20. The number of sulfone groups is 1. The Labute approximate surface area is 140 Å². The van der Waals surface area contributed by atoms with Crippen molar-refractivity contribution in [1.82, 2.24) is 0 Å². The van der Waals surface area contributed by atoms with E-state index in [4.69, 9.17) is 0 Å². The van der Waals surface area contributed by atoms with Crippen LogP contribution in [-0.2, 0) is 21.2 Å². The van der Waals surface area contributed by atoms with Crippen LogP contribution in [0.2, 0.25) is 0 Å². The number of para-hydroxylation sites is 1. The van der Waals surface area contributed by atoms with Crippen LogP contribution in [0.25, 0.3) is 0 Å². The quantitative estimate of drug-likeness (QED) is 0.818. The number of hydrogen-bond donors (Lipinski definition) is 2. The Morgan fingerprint density at radius 2 is 1.96 bits per heavy atom. The third kappa shape index (κ3) is 4.89. The number of thiophene rings is 1. The van der Waals surface area contributed by atoms with Crippen molar-refractivity contribution >= 4 is 32.8 Å². The number of anilines is 1. The van der Waals surface area contributed by atoms with Crippen LogP contribution in [0.4, 0.5) is 5.69 Å². The van der Waals surface area contributed by atoms with Gasteiger partial charge in [-0.25, -0.2) is 8.42 Å². The van der Waals surface area contributed by atoms with Crippen LogP contribution in [0.1, 0.15) is 10.4 Å². The molecule has 0 spiro atoms. The first kappa shape index (κ1) is 17.7. The summed E-state index contributed by atoms with van der Waals surface area (Å²) in [4.78, 5) is 14.6. The lowest BCUT2D eigenvalue weighted by atomic mass is 10.3. The maximum absolute atomic E-state index is 12.2. The fraction of sp³-hybridized carbons (Fsp3) is 0.312. The fourth-order valence-electron chi connectivity index (χ4n) is 2.28. The summed E-state index contributed by atoms with van der Waals surface area (Å²) in [6.07, 6.45) is 1.13. The van der Waals surface area contributed by atoms with Crippen molar-refractivity contribution in [1.29, 1.82) is 0 Å². The van der Waals surface area contributed by atoms with E-state index in [0.29, 0.717) is 5.69 Å². The predicted molar refractivity (Wildman–Crippen MR) is 92.7 cm³/mol. The second-order valence-corrected chi connectivity index (χ2v) is 8.64. The van der Waals surface area contributed by atoms with Crippen LogP contribution in [0.5, 0.6) is 0 Å². The molecule has 2 aromatic rings. The number of quaternary nitrogens is 1. The highest BCUT2D eigenvalue weighted by Gasteiger charge is 2.17. The number of carbonyl (C=O) groups excluding carboxylic acids is 1. The number of likely N-dealkylation sites (N-methyl/N-ethyl adjacent to an activating group) is 1. The maximum Gasteiger partial charge on any atom is 0.279 e. The normalized spacial score (nSPS) is 12.8. The van der Waals surface area contributed by atoms with Crippen molar-refractivity contribution < 1.29 is 18.1 Å². The van der Waals surface area contributed by atoms with Gasteiger partial charge in [0, 0.05) is 6.26 Å². The van der Waals surface area contributed by atoms with Gasteiger partial charge in [0.25, 0.3) is 5.91 Å². The van der Waals surface area contributed by atoms with Crippen molar-refractivity contribution in [3.63, 3.8) is 0 Å². The molecule has 0 aliphatic rings. The van der Waals surface area contributed by atoms with E-state index in [2.05, 4.69) is 18.3 Å². The maximum atomic E-state index is 12.2. The molecule has 2 N–H and O–H groups in total. The van der Waals surface area contributed by atoms with Crippen LogP contribution >= 0.6 is 11.3 Å². The van der Waals surface area contributed by atoms with Gasteiger partial charge in [-0.3, -0.25) is 4.79 Å². The average molecular weight is 353 g/mol. The molecule has 0 saturated carbocycles. The molecule has 7 heteroatoms. The molecular formula is C16H21N2O3S2+. The minimum Gasteiger partial charge on any atom is -0.325 e. The second kappa shape index (κ2) is 7.25. The zero-order valence-corrected chi connectivity index (χ0v) is 15.1. The van der Waals surface area contributed by atoms with Crippen LogP contribution < -0.4 is 10.2 Å². The molecule has 23 heavy (non-hydrogen) atoms. The SMILES string of the molecule is Cc1ccsc1C[NH+](C)CC(=O)Nc1ccccc1S(C)(=O)=O. The monoisotopic (exact) mass is 353 g/mol. The molecule has 1 amide bonds. The first-order chi connectivity index (χ1) is 10.8. The molecule has 1 heterocycles. The summed E-state index contributed by atoms with van der Waals surface area (Å²) in [5.41, 5.74) is 1.57. The van der Waals surface area contributed by atoms with Gasteiger partial charge in [-0.05, 0) is 36.1 Å². The minimum atomic E-state index is -3.37. The average Bonchev–Trinajstić information content (AvgIpc) is 2.83. The van der Waals surface area contributed by atoms with Crippen LogP contribution in [0, 0.1) is 6.92 Å². The van der Waals surface area contributed by atoms with Crippen LogP contribution in [0.15, 0.2) is 40.6 Å². The molecule has 0 radical (unpaired) electrons. The molecule has 0 aliphatic carbocycles. The topological polar surface area (TPSA) is 67.7 Å². The van der Waals surface area contributed by atoms with E-state index in [1.165, 1.54) is 16.5 Å². The second-order valence-electron chi connectivity index (χ2n) is 5.65. The van der Waals surface area contributed by atoms with Crippen molar-refractivity contribution in [3.8, 4) is 0 Å². The Morgan fingerprint density at radius 1 is 1.26 bits per heavy atom. The van der Waals surface area contributed by atoms with Crippen molar-refractivity contribution in [3.05, 3.63) is 46.2 Å². The minimum absolute atomic E-state index is 0.139. The molecule has 0 saturated heterocycles. The van der Waals surface area contributed by atoms with E-state index in [1.54, 1.807) is 29.5 Å². The van der Waals surface area contributed by atoms with Gasteiger partial charge in [-0.1, -0.05) is 12.1 Å². The van der Waals surface area contributed by atoms with Crippen LogP contribution in [-0.4, -0.2) is 34.2 Å². The summed E-state index contributed by atoms with van der Waals surface area (Å²) in [7, 11) is -1.43. The molecule has 1 aromatic heterocycles. The summed E-state index contributed by atoms with van der Waals surface area (Å²) in [5.74, 6) is -0.201. The van der Waals surface area contributed by atoms with Gasteiger partial charge in [-0.15, -0.1) is 11.3 Å². The Morgan fingerprint density at radius 3 is 2.57 bits per heavy atom. The molecule has 124 valence electrons. The highest BCUT2D eigenvalue weighted by molar-refractivity contribution is 7.90. The van der Waals surface area contributed by atoms with Gasteiger partial charge in [0.1, 0.15) is 6.54 Å². The first-order valence-corrected chi connectivity index (χ1v) is 9.97. The lowest BCUT2D eigenvalue weighted by Gasteiger charge is -2.14. The smallest absolute Gasteiger partial charge is 0.279 e. The summed E-state index contributed by atoms with van der Waals surface area (Å²) in [6, 6.07) is 8.51. The van der Waals surface area contributed by atoms with Gasteiger partial charge < -0.3 is 10.2 Å². The van der Waals surface area contributed by atoms with E-state index in [0.717, 1.165) is 17.7 Å². The van der Waals surface area contributed by atoms with Crippen molar-refractivity contribution in [2.75, 3.05) is 25.2 Å². The Hall–Kier alpha value is -1.70. The van der Waals surface area contributed by atoms with Gasteiger partial charge >= 0.3 is 0 Å².